The molecule has 1 aliphatic heterocycles. The number of benzene rings is 2. The van der Waals surface area contributed by atoms with Gasteiger partial charge in [-0.1, -0.05) is 60.7 Å². The molecule has 2 aromatic carbocycles. The number of hydrogen-bond donors (Lipinski definition) is 0. The van der Waals surface area contributed by atoms with Gasteiger partial charge in [-0.15, -0.1) is 0 Å². The lowest BCUT2D eigenvalue weighted by Crippen LogP contribution is -2.36. The largest absolute Gasteiger partial charge is 0.338 e. The fourth-order valence-electron chi connectivity index (χ4n) is 3.78. The number of amides is 1. The molecule has 30 heavy (non-hydrogen) atoms. The minimum Gasteiger partial charge on any atom is -0.338 e. The Morgan fingerprint density at radius 1 is 1.00 bits per heavy atom. The number of carbonyl (C=O) groups is 1. The van der Waals surface area contributed by atoms with Crippen LogP contribution in [0.4, 0.5) is 0 Å². The molecule has 0 bridgehead atoms. The van der Waals surface area contributed by atoms with Crippen molar-refractivity contribution in [2.24, 2.45) is 0 Å². The molecule has 5 nitrogen and oxygen atoms in total. The number of carbonyl (C=O) groups excluding carboxylic acids is 1. The third-order valence-electron chi connectivity index (χ3n) is 5.32. The second-order valence-corrected chi connectivity index (χ2v) is 7.50. The van der Waals surface area contributed by atoms with Crippen molar-refractivity contribution in [3.8, 4) is 17.3 Å². The minimum atomic E-state index is -0.188. The van der Waals surface area contributed by atoms with E-state index in [0.717, 1.165) is 54.7 Å². The van der Waals surface area contributed by atoms with Gasteiger partial charge in [0.15, 0.2) is 0 Å². The van der Waals surface area contributed by atoms with Crippen LogP contribution >= 0.6 is 0 Å². The van der Waals surface area contributed by atoms with Crippen LogP contribution in [-0.2, 0) is 11.3 Å². The molecule has 0 unspecified atom stereocenters. The third-order valence-corrected chi connectivity index (χ3v) is 5.32. The molecule has 1 aromatic heterocycles. The highest BCUT2D eigenvalue weighted by atomic mass is 16.2. The van der Waals surface area contributed by atoms with Crippen molar-refractivity contribution in [3.63, 3.8) is 0 Å². The highest BCUT2D eigenvalue weighted by Gasteiger charge is 2.21. The predicted octanol–water partition coefficient (Wildman–Crippen LogP) is 4.52. The van der Waals surface area contributed by atoms with E-state index in [1.54, 1.807) is 11.0 Å². The van der Waals surface area contributed by atoms with E-state index in [1.807, 2.05) is 59.4 Å². The average molecular weight is 396 g/mol. The maximum Gasteiger partial charge on any atom is 0.264 e. The molecule has 150 valence electrons. The summed E-state index contributed by atoms with van der Waals surface area (Å²) in [5, 5.41) is 14.5. The van der Waals surface area contributed by atoms with Crippen molar-refractivity contribution in [2.75, 3.05) is 13.1 Å². The van der Waals surface area contributed by atoms with Gasteiger partial charge in [0.05, 0.1) is 12.2 Å². The summed E-state index contributed by atoms with van der Waals surface area (Å²) in [4.78, 5) is 14.7. The molecule has 0 aliphatic carbocycles. The molecule has 0 radical (unpaired) electrons. The lowest BCUT2D eigenvalue weighted by molar-refractivity contribution is -0.127. The molecule has 1 aliphatic rings. The Morgan fingerprint density at radius 3 is 2.33 bits per heavy atom. The number of piperidine rings is 1. The minimum absolute atomic E-state index is 0.161. The predicted molar refractivity (Wildman–Crippen MR) is 117 cm³/mol. The van der Waals surface area contributed by atoms with Crippen molar-refractivity contribution in [1.82, 2.24) is 14.7 Å². The van der Waals surface area contributed by atoms with Gasteiger partial charge in [0.2, 0.25) is 0 Å². The Hall–Kier alpha value is -3.65. The van der Waals surface area contributed by atoms with Gasteiger partial charge >= 0.3 is 0 Å². The summed E-state index contributed by atoms with van der Waals surface area (Å²) in [6, 6.07) is 22.1. The number of rotatable bonds is 5. The van der Waals surface area contributed by atoms with Crippen LogP contribution in [0.25, 0.3) is 17.3 Å². The Labute approximate surface area is 176 Å². The lowest BCUT2D eigenvalue weighted by Gasteiger charge is -2.26. The van der Waals surface area contributed by atoms with Crippen molar-refractivity contribution in [1.29, 1.82) is 5.26 Å². The molecule has 0 spiro atoms. The van der Waals surface area contributed by atoms with E-state index in [2.05, 4.69) is 18.2 Å². The lowest BCUT2D eigenvalue weighted by atomic mass is 10.0. The smallest absolute Gasteiger partial charge is 0.264 e. The molecule has 0 saturated carbocycles. The molecule has 1 saturated heterocycles. The Morgan fingerprint density at radius 2 is 1.67 bits per heavy atom. The average Bonchev–Trinajstić information content (AvgIpc) is 3.21. The Bertz CT molecular complexity index is 1070. The molecule has 1 fully saturated rings. The zero-order valence-electron chi connectivity index (χ0n) is 16.9. The Balaban J connectivity index is 1.70. The zero-order chi connectivity index (χ0) is 20.8. The van der Waals surface area contributed by atoms with Crippen LogP contribution in [0.3, 0.4) is 0 Å². The van der Waals surface area contributed by atoms with Gasteiger partial charge in [-0.3, -0.25) is 9.48 Å². The summed E-state index contributed by atoms with van der Waals surface area (Å²) in [7, 11) is 0. The van der Waals surface area contributed by atoms with Gasteiger partial charge in [0.25, 0.3) is 5.91 Å². The Kier molecular flexibility index (Phi) is 6.05. The summed E-state index contributed by atoms with van der Waals surface area (Å²) in [6.45, 7) is 2.06. The fourth-order valence-corrected chi connectivity index (χ4v) is 3.78. The van der Waals surface area contributed by atoms with Crippen LogP contribution in [0.15, 0.2) is 72.4 Å². The van der Waals surface area contributed by atoms with Gasteiger partial charge in [-0.05, 0) is 30.9 Å². The molecule has 3 aromatic rings. The SMILES string of the molecule is N#CC(=Cc1cn(Cc2ccccc2)nc1-c1ccccc1)C(=O)N1CCCCC1. The van der Waals surface area contributed by atoms with Crippen molar-refractivity contribution in [2.45, 2.75) is 25.8 Å². The maximum absolute atomic E-state index is 12.9. The summed E-state index contributed by atoms with van der Waals surface area (Å²) in [5.41, 5.74) is 3.80. The van der Waals surface area contributed by atoms with Crippen LogP contribution in [0, 0.1) is 11.3 Å². The summed E-state index contributed by atoms with van der Waals surface area (Å²) < 4.78 is 1.86. The van der Waals surface area contributed by atoms with Crippen LogP contribution in [0.1, 0.15) is 30.4 Å². The molecule has 1 amide bonds. The summed E-state index contributed by atoms with van der Waals surface area (Å²) >= 11 is 0. The number of aromatic nitrogens is 2. The van der Waals surface area contributed by atoms with Gasteiger partial charge in [0.1, 0.15) is 11.6 Å². The van der Waals surface area contributed by atoms with E-state index >= 15 is 0 Å². The molecule has 4 rings (SSSR count). The van der Waals surface area contributed by atoms with Gasteiger partial charge < -0.3 is 4.90 Å². The number of nitrogens with zero attached hydrogens (tertiary/aromatic N) is 4. The van der Waals surface area contributed by atoms with Crippen LogP contribution < -0.4 is 0 Å². The van der Waals surface area contributed by atoms with Crippen molar-refractivity contribution >= 4 is 12.0 Å². The number of nitriles is 1. The highest BCUT2D eigenvalue weighted by molar-refractivity contribution is 6.02. The quantitative estimate of drug-likeness (QED) is 0.471. The third kappa shape index (κ3) is 4.49. The molecular formula is C25H24N4O. The molecule has 0 atom stereocenters. The highest BCUT2D eigenvalue weighted by Crippen LogP contribution is 2.25. The second kappa shape index (κ2) is 9.23. The van der Waals surface area contributed by atoms with E-state index in [1.165, 1.54) is 0 Å². The van der Waals surface area contributed by atoms with Gasteiger partial charge in [0, 0.05) is 30.4 Å². The zero-order valence-corrected chi connectivity index (χ0v) is 16.9. The van der Waals surface area contributed by atoms with Gasteiger partial charge in [-0.2, -0.15) is 10.4 Å². The first kappa shape index (κ1) is 19.7. The summed E-state index contributed by atoms with van der Waals surface area (Å²) in [6.07, 6.45) is 6.73. The molecule has 0 N–H and O–H groups in total. The fraction of sp³-hybridized carbons (Fsp3) is 0.240. The number of likely N-dealkylation sites (tertiary alicyclic amines) is 1. The van der Waals surface area contributed by atoms with Crippen molar-refractivity contribution < 1.29 is 4.79 Å². The van der Waals surface area contributed by atoms with E-state index in [4.69, 9.17) is 5.10 Å². The van der Waals surface area contributed by atoms with Crippen molar-refractivity contribution in [3.05, 3.63) is 83.6 Å². The molecule has 5 heteroatoms. The molecule has 2 heterocycles. The maximum atomic E-state index is 12.9. The standard InChI is InChI=1S/C25H24N4O/c26-17-22(25(30)28-14-8-3-9-15-28)16-23-19-29(18-20-10-4-1-5-11-20)27-24(23)21-12-6-2-7-13-21/h1-2,4-7,10-13,16,19H,3,8-9,14-15,18H2. The van der Waals surface area contributed by atoms with Crippen LogP contribution in [0.5, 0.6) is 0 Å². The topological polar surface area (TPSA) is 61.9 Å². The monoisotopic (exact) mass is 396 g/mol. The number of hydrogen-bond acceptors (Lipinski definition) is 3. The summed E-state index contributed by atoms with van der Waals surface area (Å²) in [5.74, 6) is -0.188. The first-order valence-corrected chi connectivity index (χ1v) is 10.3. The van der Waals surface area contributed by atoms with Crippen LogP contribution in [0.2, 0.25) is 0 Å². The first-order chi connectivity index (χ1) is 14.7. The van der Waals surface area contributed by atoms with E-state index in [-0.39, 0.29) is 11.5 Å². The van der Waals surface area contributed by atoms with E-state index < -0.39 is 0 Å². The normalized spacial score (nSPS) is 14.4. The van der Waals surface area contributed by atoms with Crippen LogP contribution in [-0.4, -0.2) is 33.7 Å². The van der Waals surface area contributed by atoms with E-state index in [0.29, 0.717) is 6.54 Å². The van der Waals surface area contributed by atoms with Gasteiger partial charge in [-0.25, -0.2) is 0 Å². The second-order valence-electron chi connectivity index (χ2n) is 7.50. The van der Waals surface area contributed by atoms with E-state index in [9.17, 15) is 10.1 Å². The molecular weight excluding hydrogens is 372 g/mol. The first-order valence-electron chi connectivity index (χ1n) is 10.3.